The van der Waals surface area contributed by atoms with Crippen molar-refractivity contribution in [3.63, 3.8) is 0 Å². The largest absolute Gasteiger partial charge is 0.481 e. The van der Waals surface area contributed by atoms with Crippen molar-refractivity contribution in [2.45, 2.75) is 46.2 Å². The Hall–Kier alpha value is -1.55. The fourth-order valence-electron chi connectivity index (χ4n) is 3.60. The van der Waals surface area contributed by atoms with E-state index in [-0.39, 0.29) is 6.42 Å². The Morgan fingerprint density at radius 3 is 2.90 bits per heavy atom. The lowest BCUT2D eigenvalue weighted by Gasteiger charge is -2.24. The second-order valence-electron chi connectivity index (χ2n) is 6.56. The van der Waals surface area contributed by atoms with Gasteiger partial charge in [-0.1, -0.05) is 18.6 Å². The van der Waals surface area contributed by atoms with Gasteiger partial charge in [-0.05, 0) is 31.9 Å². The molecule has 2 heterocycles. The molecule has 21 heavy (non-hydrogen) atoms. The zero-order chi connectivity index (χ0) is 15.1. The molecule has 0 amide bonds. The predicted octanol–water partition coefficient (Wildman–Crippen LogP) is 2.55. The van der Waals surface area contributed by atoms with Crippen LogP contribution in [0.3, 0.4) is 0 Å². The van der Waals surface area contributed by atoms with Crippen molar-refractivity contribution in [3.05, 3.63) is 28.1 Å². The Balaban J connectivity index is 2.08. The van der Waals surface area contributed by atoms with Crippen LogP contribution in [-0.2, 0) is 30.7 Å². The van der Waals surface area contributed by atoms with E-state index in [1.165, 1.54) is 28.1 Å². The summed E-state index contributed by atoms with van der Waals surface area (Å²) in [5.41, 5.74) is 6.97. The number of hydrogen-bond donors (Lipinski definition) is 1. The van der Waals surface area contributed by atoms with Crippen molar-refractivity contribution in [3.8, 4) is 0 Å². The fraction of sp³-hybridized carbons (Fsp3) is 0.588. The number of nitrogens with zero attached hydrogens (tertiary/aromatic N) is 2. The van der Waals surface area contributed by atoms with Crippen molar-refractivity contribution in [1.29, 1.82) is 0 Å². The average Bonchev–Trinajstić information content (AvgIpc) is 2.70. The van der Waals surface area contributed by atoms with Gasteiger partial charge in [0.05, 0.1) is 6.42 Å². The molecule has 1 N–H and O–H groups in total. The maximum Gasteiger partial charge on any atom is 0.305 e. The molecule has 1 aliphatic heterocycles. The standard InChI is InChI=1S/C17H24N2O2/c1-11-8-13-14-10-18(3)6-4-15(14)19(7-5-17(20)21)16(13)9-12(11)2/h8,12H,4-7,9-10H2,1-3H3,(H,20,21). The van der Waals surface area contributed by atoms with Crippen LogP contribution >= 0.6 is 0 Å². The van der Waals surface area contributed by atoms with Crippen LogP contribution in [0.4, 0.5) is 0 Å². The zero-order valence-electron chi connectivity index (χ0n) is 13.1. The van der Waals surface area contributed by atoms with Crippen molar-refractivity contribution < 1.29 is 9.90 Å². The third kappa shape index (κ3) is 2.53. The first-order valence-corrected chi connectivity index (χ1v) is 7.79. The molecular weight excluding hydrogens is 264 g/mol. The Morgan fingerprint density at radius 1 is 1.43 bits per heavy atom. The van der Waals surface area contributed by atoms with Gasteiger partial charge < -0.3 is 14.6 Å². The summed E-state index contributed by atoms with van der Waals surface area (Å²) in [4.78, 5) is 13.3. The summed E-state index contributed by atoms with van der Waals surface area (Å²) in [6.07, 6.45) is 4.60. The number of fused-ring (bicyclic) bond motifs is 3. The highest BCUT2D eigenvalue weighted by Crippen LogP contribution is 2.36. The Labute approximate surface area is 126 Å². The highest BCUT2D eigenvalue weighted by Gasteiger charge is 2.28. The topological polar surface area (TPSA) is 45.5 Å². The van der Waals surface area contributed by atoms with Gasteiger partial charge in [0, 0.05) is 43.0 Å². The van der Waals surface area contributed by atoms with Crippen molar-refractivity contribution in [1.82, 2.24) is 9.47 Å². The van der Waals surface area contributed by atoms with Gasteiger partial charge in [-0.3, -0.25) is 4.79 Å². The molecule has 0 bridgehead atoms. The summed E-state index contributed by atoms with van der Waals surface area (Å²) >= 11 is 0. The molecule has 0 spiro atoms. The van der Waals surface area contributed by atoms with Gasteiger partial charge in [-0.25, -0.2) is 0 Å². The number of carbonyl (C=O) groups is 1. The molecule has 4 nitrogen and oxygen atoms in total. The van der Waals surface area contributed by atoms with Gasteiger partial charge in [0.15, 0.2) is 0 Å². The van der Waals surface area contributed by atoms with Crippen LogP contribution in [0.25, 0.3) is 6.08 Å². The summed E-state index contributed by atoms with van der Waals surface area (Å²) in [7, 11) is 2.16. The SMILES string of the molecule is CC1=Cc2c3c(n(CCC(=O)O)c2CC1C)CCN(C)C3. The first-order valence-electron chi connectivity index (χ1n) is 7.79. The molecule has 1 aliphatic carbocycles. The van der Waals surface area contributed by atoms with Crippen LogP contribution < -0.4 is 0 Å². The van der Waals surface area contributed by atoms with E-state index in [1.54, 1.807) is 0 Å². The van der Waals surface area contributed by atoms with E-state index in [0.29, 0.717) is 12.5 Å². The average molecular weight is 288 g/mol. The molecule has 0 saturated heterocycles. The van der Waals surface area contributed by atoms with Crippen molar-refractivity contribution in [2.75, 3.05) is 13.6 Å². The van der Waals surface area contributed by atoms with E-state index in [0.717, 1.165) is 25.9 Å². The van der Waals surface area contributed by atoms with Crippen LogP contribution in [-0.4, -0.2) is 34.1 Å². The maximum absolute atomic E-state index is 11.0. The number of allylic oxidation sites excluding steroid dienone is 1. The number of carboxylic acid groups (broad SMARTS) is 1. The third-order valence-corrected chi connectivity index (χ3v) is 4.99. The summed E-state index contributed by atoms with van der Waals surface area (Å²) in [6, 6.07) is 0. The summed E-state index contributed by atoms with van der Waals surface area (Å²) in [5.74, 6) is -0.162. The molecule has 0 aromatic carbocycles. The third-order valence-electron chi connectivity index (χ3n) is 4.99. The number of carboxylic acids is 1. The highest BCUT2D eigenvalue weighted by atomic mass is 16.4. The van der Waals surface area contributed by atoms with E-state index in [9.17, 15) is 4.79 Å². The van der Waals surface area contributed by atoms with Crippen molar-refractivity contribution in [2.24, 2.45) is 5.92 Å². The number of likely N-dealkylation sites (N-methyl/N-ethyl adjacent to an activating group) is 1. The van der Waals surface area contributed by atoms with Crippen molar-refractivity contribution >= 4 is 12.0 Å². The molecule has 3 rings (SSSR count). The normalized spacial score (nSPS) is 21.7. The van der Waals surface area contributed by atoms with E-state index in [2.05, 4.69) is 36.4 Å². The van der Waals surface area contributed by atoms with Crippen LogP contribution in [0.1, 0.15) is 42.8 Å². The molecule has 2 aliphatic rings. The molecule has 0 radical (unpaired) electrons. The van der Waals surface area contributed by atoms with E-state index in [1.807, 2.05) is 0 Å². The van der Waals surface area contributed by atoms with Gasteiger partial charge in [0.1, 0.15) is 0 Å². The quantitative estimate of drug-likeness (QED) is 0.929. The van der Waals surface area contributed by atoms with E-state index in [4.69, 9.17) is 5.11 Å². The minimum Gasteiger partial charge on any atom is -0.481 e. The molecule has 1 unspecified atom stereocenters. The monoisotopic (exact) mass is 288 g/mol. The number of hydrogen-bond acceptors (Lipinski definition) is 2. The van der Waals surface area contributed by atoms with Gasteiger partial charge in [-0.15, -0.1) is 0 Å². The van der Waals surface area contributed by atoms with E-state index >= 15 is 0 Å². The molecular formula is C17H24N2O2. The van der Waals surface area contributed by atoms with Gasteiger partial charge in [-0.2, -0.15) is 0 Å². The van der Waals surface area contributed by atoms with Crippen LogP contribution in [0.15, 0.2) is 5.57 Å². The van der Waals surface area contributed by atoms with Gasteiger partial charge >= 0.3 is 5.97 Å². The Bertz CT molecular complexity index is 613. The molecule has 1 atom stereocenters. The summed E-state index contributed by atoms with van der Waals surface area (Å²) < 4.78 is 2.31. The molecule has 1 aromatic heterocycles. The Kier molecular flexibility index (Phi) is 3.66. The lowest BCUT2D eigenvalue weighted by Crippen LogP contribution is -2.27. The first kappa shape index (κ1) is 14.4. The maximum atomic E-state index is 11.0. The van der Waals surface area contributed by atoms with Gasteiger partial charge in [0.25, 0.3) is 0 Å². The van der Waals surface area contributed by atoms with Crippen LogP contribution in [0.5, 0.6) is 0 Å². The van der Waals surface area contributed by atoms with Crippen LogP contribution in [0, 0.1) is 5.92 Å². The minimum absolute atomic E-state index is 0.209. The molecule has 0 saturated carbocycles. The number of aromatic nitrogens is 1. The van der Waals surface area contributed by atoms with E-state index < -0.39 is 5.97 Å². The first-order chi connectivity index (χ1) is 9.97. The number of rotatable bonds is 3. The second kappa shape index (κ2) is 5.34. The predicted molar refractivity (Wildman–Crippen MR) is 83.2 cm³/mol. The smallest absolute Gasteiger partial charge is 0.305 e. The minimum atomic E-state index is -0.713. The lowest BCUT2D eigenvalue weighted by molar-refractivity contribution is -0.137. The molecule has 114 valence electrons. The second-order valence-corrected chi connectivity index (χ2v) is 6.56. The summed E-state index contributed by atoms with van der Waals surface area (Å²) in [6.45, 7) is 7.11. The zero-order valence-corrected chi connectivity index (χ0v) is 13.1. The molecule has 4 heteroatoms. The highest BCUT2D eigenvalue weighted by molar-refractivity contribution is 5.67. The lowest BCUT2D eigenvalue weighted by atomic mass is 9.87. The van der Waals surface area contributed by atoms with Gasteiger partial charge in [0.2, 0.25) is 0 Å². The molecule has 1 aromatic rings. The fourth-order valence-corrected chi connectivity index (χ4v) is 3.60. The number of aliphatic carboxylic acids is 1. The summed E-state index contributed by atoms with van der Waals surface area (Å²) in [5, 5.41) is 9.02. The molecule has 0 fully saturated rings. The van der Waals surface area contributed by atoms with Crippen LogP contribution in [0.2, 0.25) is 0 Å². The Morgan fingerprint density at radius 2 is 2.19 bits per heavy atom.